The van der Waals surface area contributed by atoms with E-state index in [0.29, 0.717) is 35.4 Å². The summed E-state index contributed by atoms with van der Waals surface area (Å²) in [6, 6.07) is 10.4. The maximum Gasteiger partial charge on any atom is 0.291 e. The van der Waals surface area contributed by atoms with Crippen LogP contribution in [0.25, 0.3) is 0 Å². The molecule has 2 amide bonds. The van der Waals surface area contributed by atoms with E-state index in [1.54, 1.807) is 31.2 Å². The van der Waals surface area contributed by atoms with Gasteiger partial charge in [-0.25, -0.2) is 0 Å². The number of fused-ring (bicyclic) bond motifs is 1. The topological polar surface area (TPSA) is 102 Å². The lowest BCUT2D eigenvalue weighted by Gasteiger charge is -2.27. The Labute approximate surface area is 179 Å². The van der Waals surface area contributed by atoms with Gasteiger partial charge in [-0.1, -0.05) is 26.0 Å². The number of hydrogen-bond donors (Lipinski definition) is 2. The van der Waals surface area contributed by atoms with Gasteiger partial charge in [0.15, 0.2) is 17.3 Å². The van der Waals surface area contributed by atoms with Crippen molar-refractivity contribution in [2.45, 2.75) is 40.2 Å². The molecule has 0 spiro atoms. The average molecular weight is 420 g/mol. The van der Waals surface area contributed by atoms with Gasteiger partial charge in [-0.2, -0.15) is 0 Å². The van der Waals surface area contributed by atoms with Crippen molar-refractivity contribution in [3.05, 3.63) is 76.6 Å². The molecule has 0 fully saturated rings. The van der Waals surface area contributed by atoms with Crippen molar-refractivity contribution in [2.75, 3.05) is 5.32 Å². The van der Waals surface area contributed by atoms with Crippen LogP contribution in [0, 0.1) is 12.3 Å². The predicted octanol–water partition coefficient (Wildman–Crippen LogP) is 4.52. The number of amides is 2. The highest BCUT2D eigenvalue weighted by Crippen LogP contribution is 2.38. The molecule has 3 aromatic rings. The molecule has 1 aromatic carbocycles. The highest BCUT2D eigenvalue weighted by atomic mass is 16.4. The third-order valence-electron chi connectivity index (χ3n) is 5.39. The first kappa shape index (κ1) is 20.7. The molecule has 0 saturated heterocycles. The van der Waals surface area contributed by atoms with E-state index in [1.807, 2.05) is 26.0 Å². The Morgan fingerprint density at radius 3 is 2.48 bits per heavy atom. The molecule has 0 unspecified atom stereocenters. The summed E-state index contributed by atoms with van der Waals surface area (Å²) in [7, 11) is 0. The molecule has 7 heteroatoms. The van der Waals surface area contributed by atoms with Gasteiger partial charge in [0.1, 0.15) is 5.76 Å². The number of Topliss-reactive ketones (excluding diaryl/α,β-unsaturated/α-hetero) is 1. The van der Waals surface area contributed by atoms with Crippen molar-refractivity contribution in [1.29, 1.82) is 0 Å². The molecule has 160 valence electrons. The second-order valence-corrected chi connectivity index (χ2v) is 8.61. The largest absolute Gasteiger partial charge is 0.459 e. The molecule has 0 radical (unpaired) electrons. The van der Waals surface area contributed by atoms with Crippen LogP contribution in [0.2, 0.25) is 0 Å². The van der Waals surface area contributed by atoms with E-state index < -0.39 is 0 Å². The average Bonchev–Trinajstić information content (AvgIpc) is 3.35. The molecule has 0 atom stereocenters. The van der Waals surface area contributed by atoms with Gasteiger partial charge in [0.25, 0.3) is 11.8 Å². The summed E-state index contributed by atoms with van der Waals surface area (Å²) in [6.07, 6.45) is 2.52. The molecular weight excluding hydrogens is 396 g/mol. The molecule has 0 saturated carbocycles. The molecule has 31 heavy (non-hydrogen) atoms. The standard InChI is InChI=1S/C24H24N2O5/c1-14-20-17(27)11-24(2,3)12-19(20)31-21(14)23(29)25-13-15-6-8-16(9-7-15)26-22(28)18-5-4-10-30-18/h4-10H,11-13H2,1-3H3,(H,25,29)(H,26,28). The van der Waals surface area contributed by atoms with E-state index >= 15 is 0 Å². The van der Waals surface area contributed by atoms with E-state index in [-0.39, 0.29) is 41.1 Å². The van der Waals surface area contributed by atoms with Gasteiger partial charge < -0.3 is 19.5 Å². The zero-order valence-electron chi connectivity index (χ0n) is 17.7. The van der Waals surface area contributed by atoms with E-state index in [2.05, 4.69) is 10.6 Å². The van der Waals surface area contributed by atoms with Crippen molar-refractivity contribution in [3.63, 3.8) is 0 Å². The van der Waals surface area contributed by atoms with Gasteiger partial charge >= 0.3 is 0 Å². The number of hydrogen-bond acceptors (Lipinski definition) is 5. The third kappa shape index (κ3) is 4.30. The Hall–Kier alpha value is -3.61. The maximum absolute atomic E-state index is 12.7. The quantitative estimate of drug-likeness (QED) is 0.632. The van der Waals surface area contributed by atoms with Crippen molar-refractivity contribution >= 4 is 23.3 Å². The molecule has 0 bridgehead atoms. The number of carbonyl (C=O) groups excluding carboxylic acids is 3. The fraction of sp³-hybridized carbons (Fsp3) is 0.292. The van der Waals surface area contributed by atoms with Crippen LogP contribution < -0.4 is 10.6 Å². The summed E-state index contributed by atoms with van der Waals surface area (Å²) in [5.74, 6) is 0.362. The zero-order valence-corrected chi connectivity index (χ0v) is 17.7. The summed E-state index contributed by atoms with van der Waals surface area (Å²) in [6.45, 7) is 6.08. The number of furan rings is 2. The fourth-order valence-electron chi connectivity index (χ4n) is 3.87. The Morgan fingerprint density at radius 2 is 1.81 bits per heavy atom. The molecule has 1 aliphatic carbocycles. The van der Waals surface area contributed by atoms with Gasteiger partial charge in [-0.3, -0.25) is 14.4 Å². The van der Waals surface area contributed by atoms with Gasteiger partial charge in [0.2, 0.25) is 0 Å². The van der Waals surface area contributed by atoms with Gasteiger partial charge in [0, 0.05) is 30.6 Å². The van der Waals surface area contributed by atoms with Crippen LogP contribution in [0.3, 0.4) is 0 Å². The summed E-state index contributed by atoms with van der Waals surface area (Å²) < 4.78 is 10.9. The number of rotatable bonds is 5. The second kappa shape index (κ2) is 7.91. The van der Waals surface area contributed by atoms with E-state index in [0.717, 1.165) is 5.56 Å². The first-order chi connectivity index (χ1) is 14.7. The minimum atomic E-state index is -0.354. The van der Waals surface area contributed by atoms with Crippen LogP contribution in [-0.4, -0.2) is 17.6 Å². The van der Waals surface area contributed by atoms with Crippen LogP contribution in [0.1, 0.15) is 68.6 Å². The Kier molecular flexibility index (Phi) is 5.27. The monoisotopic (exact) mass is 420 g/mol. The molecule has 7 nitrogen and oxygen atoms in total. The Balaban J connectivity index is 1.39. The minimum absolute atomic E-state index is 0.0266. The fourth-order valence-corrected chi connectivity index (χ4v) is 3.87. The van der Waals surface area contributed by atoms with Crippen molar-refractivity contribution < 1.29 is 23.2 Å². The number of nitrogens with one attached hydrogen (secondary N) is 2. The van der Waals surface area contributed by atoms with Crippen LogP contribution in [0.4, 0.5) is 5.69 Å². The van der Waals surface area contributed by atoms with E-state index in [1.165, 1.54) is 6.26 Å². The molecule has 2 aromatic heterocycles. The summed E-state index contributed by atoms with van der Waals surface area (Å²) in [5, 5.41) is 5.58. The third-order valence-corrected chi connectivity index (χ3v) is 5.39. The lowest BCUT2D eigenvalue weighted by atomic mass is 9.76. The first-order valence-electron chi connectivity index (χ1n) is 10.1. The van der Waals surface area contributed by atoms with Gasteiger partial charge in [-0.05, 0) is 42.2 Å². The first-order valence-corrected chi connectivity index (χ1v) is 10.1. The molecule has 1 aliphatic rings. The number of anilines is 1. The predicted molar refractivity (Wildman–Crippen MR) is 114 cm³/mol. The van der Waals surface area contributed by atoms with Crippen LogP contribution in [0.5, 0.6) is 0 Å². The Bertz CT molecular complexity index is 1140. The zero-order chi connectivity index (χ0) is 22.2. The van der Waals surface area contributed by atoms with E-state index in [4.69, 9.17) is 8.83 Å². The number of benzene rings is 1. The molecule has 2 N–H and O–H groups in total. The Morgan fingerprint density at radius 1 is 1.06 bits per heavy atom. The maximum atomic E-state index is 12.7. The highest BCUT2D eigenvalue weighted by Gasteiger charge is 2.37. The second-order valence-electron chi connectivity index (χ2n) is 8.61. The summed E-state index contributed by atoms with van der Waals surface area (Å²) in [5.41, 5.74) is 2.46. The van der Waals surface area contributed by atoms with Crippen molar-refractivity contribution in [2.24, 2.45) is 5.41 Å². The molecule has 2 heterocycles. The molecule has 4 rings (SSSR count). The van der Waals surface area contributed by atoms with Crippen molar-refractivity contribution in [1.82, 2.24) is 5.32 Å². The minimum Gasteiger partial charge on any atom is -0.459 e. The highest BCUT2D eigenvalue weighted by molar-refractivity contribution is 6.04. The number of carbonyl (C=O) groups is 3. The van der Waals surface area contributed by atoms with Crippen LogP contribution >= 0.6 is 0 Å². The van der Waals surface area contributed by atoms with Crippen LogP contribution in [0.15, 0.2) is 51.5 Å². The van der Waals surface area contributed by atoms with Crippen LogP contribution in [-0.2, 0) is 13.0 Å². The van der Waals surface area contributed by atoms with Crippen molar-refractivity contribution in [3.8, 4) is 0 Å². The van der Waals surface area contributed by atoms with Gasteiger partial charge in [-0.15, -0.1) is 0 Å². The summed E-state index contributed by atoms with van der Waals surface area (Å²) in [4.78, 5) is 37.2. The smallest absolute Gasteiger partial charge is 0.291 e. The summed E-state index contributed by atoms with van der Waals surface area (Å²) >= 11 is 0. The van der Waals surface area contributed by atoms with E-state index in [9.17, 15) is 14.4 Å². The molecule has 0 aliphatic heterocycles. The lowest BCUT2D eigenvalue weighted by Crippen LogP contribution is -2.26. The normalized spacial score (nSPS) is 14.7. The molecular formula is C24H24N2O5. The van der Waals surface area contributed by atoms with Gasteiger partial charge in [0.05, 0.1) is 11.8 Å². The number of ketones is 1. The SMILES string of the molecule is Cc1c(C(=O)NCc2ccc(NC(=O)c3ccco3)cc2)oc2c1C(=O)CC(C)(C)C2. The lowest BCUT2D eigenvalue weighted by molar-refractivity contribution is 0.0888.